The van der Waals surface area contributed by atoms with E-state index in [9.17, 15) is 18.3 Å². The molecule has 2 unspecified atom stereocenters. The number of benzene rings is 1. The highest BCUT2D eigenvalue weighted by molar-refractivity contribution is 5.33. The van der Waals surface area contributed by atoms with Gasteiger partial charge in [0, 0.05) is 7.11 Å². The van der Waals surface area contributed by atoms with Crippen molar-refractivity contribution in [2.45, 2.75) is 43.8 Å². The van der Waals surface area contributed by atoms with Crippen LogP contribution in [0.25, 0.3) is 0 Å². The monoisotopic (exact) mass is 290 g/mol. The van der Waals surface area contributed by atoms with Gasteiger partial charge in [0.2, 0.25) is 0 Å². The van der Waals surface area contributed by atoms with Crippen LogP contribution in [0, 0.1) is 0 Å². The molecule has 1 aromatic carbocycles. The van der Waals surface area contributed by atoms with Crippen LogP contribution in [0.4, 0.5) is 13.2 Å². The smallest absolute Gasteiger partial charge is 0.406 e. The number of rotatable bonds is 3. The van der Waals surface area contributed by atoms with Crippen molar-refractivity contribution in [3.63, 3.8) is 0 Å². The van der Waals surface area contributed by atoms with Crippen LogP contribution >= 0.6 is 0 Å². The molecule has 0 bridgehead atoms. The second-order valence-electron chi connectivity index (χ2n) is 4.97. The summed E-state index contributed by atoms with van der Waals surface area (Å²) in [4.78, 5) is 0. The summed E-state index contributed by atoms with van der Waals surface area (Å²) in [6, 6.07) is 5.48. The number of methoxy groups -OCH3 is 1. The highest BCUT2D eigenvalue weighted by Gasteiger charge is 2.41. The molecule has 1 aliphatic rings. The lowest BCUT2D eigenvalue weighted by Crippen LogP contribution is -2.43. The van der Waals surface area contributed by atoms with Crippen molar-refractivity contribution < 1.29 is 27.8 Å². The van der Waals surface area contributed by atoms with E-state index in [4.69, 9.17) is 4.74 Å². The van der Waals surface area contributed by atoms with E-state index in [2.05, 4.69) is 4.74 Å². The van der Waals surface area contributed by atoms with E-state index >= 15 is 0 Å². The molecule has 3 nitrogen and oxygen atoms in total. The Balaban J connectivity index is 2.29. The van der Waals surface area contributed by atoms with Crippen LogP contribution in [-0.4, -0.2) is 24.7 Å². The molecule has 112 valence electrons. The maximum absolute atomic E-state index is 12.2. The minimum absolute atomic E-state index is 0.330. The van der Waals surface area contributed by atoms with E-state index in [1.54, 1.807) is 6.07 Å². The molecule has 0 amide bonds. The molecule has 0 saturated heterocycles. The summed E-state index contributed by atoms with van der Waals surface area (Å²) in [7, 11) is 1.50. The van der Waals surface area contributed by atoms with Crippen molar-refractivity contribution >= 4 is 0 Å². The van der Waals surface area contributed by atoms with E-state index in [1.807, 2.05) is 0 Å². The van der Waals surface area contributed by atoms with Crippen LogP contribution in [0.3, 0.4) is 0 Å². The summed E-state index contributed by atoms with van der Waals surface area (Å²) < 4.78 is 45.9. The number of alkyl halides is 3. The summed E-state index contributed by atoms with van der Waals surface area (Å²) in [5, 5.41) is 10.8. The second kappa shape index (κ2) is 5.61. The van der Waals surface area contributed by atoms with Gasteiger partial charge in [-0.25, -0.2) is 0 Å². The van der Waals surface area contributed by atoms with Crippen molar-refractivity contribution in [1.29, 1.82) is 0 Å². The molecule has 0 aliphatic heterocycles. The van der Waals surface area contributed by atoms with Crippen LogP contribution in [0.5, 0.6) is 5.75 Å². The Hall–Kier alpha value is -1.27. The highest BCUT2D eigenvalue weighted by Crippen LogP contribution is 2.40. The summed E-state index contributed by atoms with van der Waals surface area (Å²) in [5.74, 6) is -0.330. The third-order valence-electron chi connectivity index (χ3n) is 3.66. The van der Waals surface area contributed by atoms with Gasteiger partial charge in [0.15, 0.2) is 0 Å². The molecule has 1 aromatic rings. The van der Waals surface area contributed by atoms with Crippen molar-refractivity contribution in [1.82, 2.24) is 0 Å². The number of aliphatic hydroxyl groups is 1. The van der Waals surface area contributed by atoms with Gasteiger partial charge in [0.25, 0.3) is 0 Å². The predicted molar refractivity (Wildman–Crippen MR) is 66.3 cm³/mol. The summed E-state index contributed by atoms with van der Waals surface area (Å²) in [6.45, 7) is 0. The van der Waals surface area contributed by atoms with Gasteiger partial charge in [0.1, 0.15) is 11.4 Å². The zero-order chi connectivity index (χ0) is 14.8. The topological polar surface area (TPSA) is 38.7 Å². The van der Waals surface area contributed by atoms with Crippen molar-refractivity contribution in [2.24, 2.45) is 0 Å². The second-order valence-corrected chi connectivity index (χ2v) is 4.97. The van der Waals surface area contributed by atoms with E-state index in [0.717, 1.165) is 12.8 Å². The average Bonchev–Trinajstić information content (AvgIpc) is 2.37. The van der Waals surface area contributed by atoms with E-state index in [-0.39, 0.29) is 5.75 Å². The first-order valence-electron chi connectivity index (χ1n) is 6.46. The summed E-state index contributed by atoms with van der Waals surface area (Å²) in [6.07, 6.45) is -2.29. The third-order valence-corrected chi connectivity index (χ3v) is 3.66. The molecule has 2 atom stereocenters. The lowest BCUT2D eigenvalue weighted by molar-refractivity contribution is -0.274. The van der Waals surface area contributed by atoms with Crippen LogP contribution in [0.15, 0.2) is 24.3 Å². The molecule has 0 aromatic heterocycles. The molecule has 1 fully saturated rings. The molecule has 2 rings (SSSR count). The Morgan fingerprint density at radius 1 is 1.30 bits per heavy atom. The molecule has 0 radical (unpaired) electrons. The van der Waals surface area contributed by atoms with Gasteiger partial charge in [0.05, 0.1) is 6.10 Å². The highest BCUT2D eigenvalue weighted by atomic mass is 19.4. The van der Waals surface area contributed by atoms with Crippen LogP contribution in [-0.2, 0) is 10.3 Å². The van der Waals surface area contributed by atoms with Crippen LogP contribution < -0.4 is 4.74 Å². The molecule has 6 heteroatoms. The molecular formula is C14H17F3O3. The number of halogens is 3. The standard InChI is InChI=1S/C14H17F3O3/c1-19-12-7-2-3-8-13(12,18)10-5-4-6-11(9-10)20-14(15,16)17/h4-6,9,12,18H,2-3,7-8H2,1H3. The van der Waals surface area contributed by atoms with Gasteiger partial charge in [-0.3, -0.25) is 0 Å². The van der Waals surface area contributed by atoms with Gasteiger partial charge in [-0.05, 0) is 30.5 Å². The van der Waals surface area contributed by atoms with Crippen LogP contribution in [0.1, 0.15) is 31.2 Å². The van der Waals surface area contributed by atoms with Gasteiger partial charge >= 0.3 is 6.36 Å². The van der Waals surface area contributed by atoms with Gasteiger partial charge in [-0.1, -0.05) is 25.0 Å². The van der Waals surface area contributed by atoms with Gasteiger partial charge < -0.3 is 14.6 Å². The van der Waals surface area contributed by atoms with E-state index in [1.165, 1.54) is 25.3 Å². The van der Waals surface area contributed by atoms with Gasteiger partial charge in [-0.2, -0.15) is 0 Å². The molecular weight excluding hydrogens is 273 g/mol. The quantitative estimate of drug-likeness (QED) is 0.927. The lowest BCUT2D eigenvalue weighted by atomic mass is 9.77. The van der Waals surface area contributed by atoms with Gasteiger partial charge in [-0.15, -0.1) is 13.2 Å². The normalized spacial score (nSPS) is 27.4. The third kappa shape index (κ3) is 3.24. The molecule has 20 heavy (non-hydrogen) atoms. The Morgan fingerprint density at radius 2 is 2.05 bits per heavy atom. The zero-order valence-electron chi connectivity index (χ0n) is 11.1. The first-order chi connectivity index (χ1) is 9.35. The van der Waals surface area contributed by atoms with Crippen molar-refractivity contribution in [3.05, 3.63) is 29.8 Å². The Morgan fingerprint density at radius 3 is 2.70 bits per heavy atom. The summed E-state index contributed by atoms with van der Waals surface area (Å²) >= 11 is 0. The molecule has 0 heterocycles. The minimum Gasteiger partial charge on any atom is -0.406 e. The van der Waals surface area contributed by atoms with Crippen molar-refractivity contribution in [3.8, 4) is 5.75 Å². The molecule has 1 saturated carbocycles. The van der Waals surface area contributed by atoms with Crippen molar-refractivity contribution in [2.75, 3.05) is 7.11 Å². The molecule has 1 aliphatic carbocycles. The number of hydrogen-bond donors (Lipinski definition) is 1. The molecule has 1 N–H and O–H groups in total. The number of hydrogen-bond acceptors (Lipinski definition) is 3. The Bertz CT molecular complexity index is 461. The predicted octanol–water partition coefficient (Wildman–Crippen LogP) is 3.36. The zero-order valence-corrected chi connectivity index (χ0v) is 11.1. The Kier molecular flexibility index (Phi) is 4.25. The number of ether oxygens (including phenoxy) is 2. The largest absolute Gasteiger partial charge is 0.573 e. The van der Waals surface area contributed by atoms with Crippen LogP contribution in [0.2, 0.25) is 0 Å². The first kappa shape index (κ1) is 15.1. The fourth-order valence-corrected chi connectivity index (χ4v) is 2.73. The fraction of sp³-hybridized carbons (Fsp3) is 0.571. The van der Waals surface area contributed by atoms with E-state index in [0.29, 0.717) is 18.4 Å². The maximum atomic E-state index is 12.2. The summed E-state index contributed by atoms with van der Waals surface area (Å²) in [5.41, 5.74) is -0.872. The maximum Gasteiger partial charge on any atom is 0.573 e. The van der Waals surface area contributed by atoms with E-state index < -0.39 is 18.1 Å². The molecule has 0 spiro atoms. The fourth-order valence-electron chi connectivity index (χ4n) is 2.73. The SMILES string of the molecule is COC1CCCCC1(O)c1cccc(OC(F)(F)F)c1. The minimum atomic E-state index is -4.74. The lowest BCUT2D eigenvalue weighted by Gasteiger charge is -2.39. The first-order valence-corrected chi connectivity index (χ1v) is 6.46. The Labute approximate surface area is 115 Å². The average molecular weight is 290 g/mol.